The maximum atomic E-state index is 13.2. The molecule has 0 bridgehead atoms. The summed E-state index contributed by atoms with van der Waals surface area (Å²) >= 11 is 0. The van der Waals surface area contributed by atoms with Crippen molar-refractivity contribution in [1.29, 1.82) is 0 Å². The first-order chi connectivity index (χ1) is 9.90. The van der Waals surface area contributed by atoms with E-state index in [1.165, 1.54) is 0 Å². The van der Waals surface area contributed by atoms with E-state index >= 15 is 0 Å². The quantitative estimate of drug-likeness (QED) is 0.675. The number of nitro benzene ring substituents is 1. The van der Waals surface area contributed by atoms with Gasteiger partial charge in [0.05, 0.1) is 23.4 Å². The average Bonchev–Trinajstić information content (AvgIpc) is 2.77. The van der Waals surface area contributed by atoms with E-state index in [2.05, 4.69) is 10.3 Å². The standard InChI is InChI=1S/C13H16FN5O2/c1-17(2)13-16-8-10(18(13)3)7-15-11-6-9(14)4-5-12(11)19(20)21/h4-6,8,15H,7H2,1-3H3. The van der Waals surface area contributed by atoms with Gasteiger partial charge in [0.25, 0.3) is 5.69 Å². The summed E-state index contributed by atoms with van der Waals surface area (Å²) in [5.74, 6) is 0.239. The van der Waals surface area contributed by atoms with Crippen LogP contribution in [0, 0.1) is 15.9 Å². The molecule has 21 heavy (non-hydrogen) atoms. The number of halogens is 1. The Morgan fingerprint density at radius 1 is 1.48 bits per heavy atom. The number of benzene rings is 1. The predicted octanol–water partition coefficient (Wildman–Crippen LogP) is 2.15. The molecule has 0 radical (unpaired) electrons. The molecule has 112 valence electrons. The third kappa shape index (κ3) is 3.10. The average molecular weight is 293 g/mol. The van der Waals surface area contributed by atoms with Crippen molar-refractivity contribution in [2.45, 2.75) is 6.54 Å². The fraction of sp³-hybridized carbons (Fsp3) is 0.308. The lowest BCUT2D eigenvalue weighted by Crippen LogP contribution is -2.15. The molecule has 2 aromatic rings. The van der Waals surface area contributed by atoms with Crippen LogP contribution in [0.4, 0.5) is 21.7 Å². The second-order valence-corrected chi connectivity index (χ2v) is 4.78. The van der Waals surface area contributed by atoms with Gasteiger partial charge in [-0.2, -0.15) is 0 Å². The summed E-state index contributed by atoms with van der Waals surface area (Å²) in [5.41, 5.74) is 0.816. The molecule has 0 amide bonds. The van der Waals surface area contributed by atoms with Crippen LogP contribution < -0.4 is 10.2 Å². The zero-order valence-electron chi connectivity index (χ0n) is 12.0. The van der Waals surface area contributed by atoms with Crippen LogP contribution in [0.25, 0.3) is 0 Å². The van der Waals surface area contributed by atoms with Crippen molar-refractivity contribution in [3.8, 4) is 0 Å². The molecule has 0 aliphatic carbocycles. The molecule has 1 N–H and O–H groups in total. The summed E-state index contributed by atoms with van der Waals surface area (Å²) in [6, 6.07) is 3.32. The molecular weight excluding hydrogens is 277 g/mol. The molecule has 0 spiro atoms. The fourth-order valence-electron chi connectivity index (χ4n) is 2.01. The summed E-state index contributed by atoms with van der Waals surface area (Å²) < 4.78 is 15.1. The first-order valence-corrected chi connectivity index (χ1v) is 6.26. The molecule has 2 rings (SSSR count). The molecule has 0 aliphatic rings. The van der Waals surface area contributed by atoms with Crippen molar-refractivity contribution in [2.75, 3.05) is 24.3 Å². The van der Waals surface area contributed by atoms with Gasteiger partial charge in [0, 0.05) is 33.3 Å². The van der Waals surface area contributed by atoms with Gasteiger partial charge >= 0.3 is 0 Å². The van der Waals surface area contributed by atoms with E-state index in [1.54, 1.807) is 6.20 Å². The molecule has 0 saturated carbocycles. The lowest BCUT2D eigenvalue weighted by Gasteiger charge is -2.13. The monoisotopic (exact) mass is 293 g/mol. The molecule has 0 aliphatic heterocycles. The van der Waals surface area contributed by atoms with Crippen molar-refractivity contribution in [2.24, 2.45) is 7.05 Å². The van der Waals surface area contributed by atoms with Gasteiger partial charge in [-0.25, -0.2) is 9.37 Å². The van der Waals surface area contributed by atoms with E-state index in [1.807, 2.05) is 30.6 Å². The van der Waals surface area contributed by atoms with E-state index in [4.69, 9.17) is 0 Å². The van der Waals surface area contributed by atoms with E-state index in [9.17, 15) is 14.5 Å². The fourth-order valence-corrected chi connectivity index (χ4v) is 2.01. The molecule has 1 aromatic heterocycles. The van der Waals surface area contributed by atoms with Gasteiger partial charge in [-0.3, -0.25) is 10.1 Å². The highest BCUT2D eigenvalue weighted by Gasteiger charge is 2.15. The number of anilines is 2. The SMILES string of the molecule is CN(C)c1ncc(CNc2cc(F)ccc2[N+](=O)[O-])n1C. The van der Waals surface area contributed by atoms with Gasteiger partial charge in [0.1, 0.15) is 11.5 Å². The number of aromatic nitrogens is 2. The Kier molecular flexibility index (Phi) is 4.06. The van der Waals surface area contributed by atoms with E-state index in [0.717, 1.165) is 29.8 Å². The number of imidazole rings is 1. The zero-order valence-corrected chi connectivity index (χ0v) is 12.0. The maximum absolute atomic E-state index is 13.2. The van der Waals surface area contributed by atoms with Gasteiger partial charge in [-0.05, 0) is 6.07 Å². The summed E-state index contributed by atoms with van der Waals surface area (Å²) in [6.07, 6.45) is 1.67. The molecule has 8 heteroatoms. The van der Waals surface area contributed by atoms with Crippen LogP contribution in [-0.2, 0) is 13.6 Å². The van der Waals surface area contributed by atoms with Gasteiger partial charge in [-0.15, -0.1) is 0 Å². The molecule has 7 nitrogen and oxygen atoms in total. The second kappa shape index (κ2) is 5.78. The third-order valence-corrected chi connectivity index (χ3v) is 3.08. The minimum absolute atomic E-state index is 0.146. The largest absolute Gasteiger partial charge is 0.374 e. The van der Waals surface area contributed by atoms with Crippen molar-refractivity contribution < 1.29 is 9.31 Å². The Hall–Kier alpha value is -2.64. The number of hydrogen-bond acceptors (Lipinski definition) is 5. The van der Waals surface area contributed by atoms with E-state index < -0.39 is 10.7 Å². The highest BCUT2D eigenvalue weighted by atomic mass is 19.1. The summed E-state index contributed by atoms with van der Waals surface area (Å²) in [7, 11) is 5.59. The van der Waals surface area contributed by atoms with Crippen LogP contribution in [0.1, 0.15) is 5.69 Å². The smallest absolute Gasteiger partial charge is 0.292 e. The molecule has 0 fully saturated rings. The minimum Gasteiger partial charge on any atom is -0.374 e. The molecule has 0 unspecified atom stereocenters. The maximum Gasteiger partial charge on any atom is 0.292 e. The molecule has 1 heterocycles. The zero-order chi connectivity index (χ0) is 15.6. The highest BCUT2D eigenvalue weighted by Crippen LogP contribution is 2.25. The van der Waals surface area contributed by atoms with Gasteiger partial charge < -0.3 is 14.8 Å². The van der Waals surface area contributed by atoms with Crippen molar-refractivity contribution in [3.63, 3.8) is 0 Å². The van der Waals surface area contributed by atoms with Crippen LogP contribution in [0.2, 0.25) is 0 Å². The number of nitrogens with zero attached hydrogens (tertiary/aromatic N) is 4. The van der Waals surface area contributed by atoms with Gasteiger partial charge in [-0.1, -0.05) is 0 Å². The lowest BCUT2D eigenvalue weighted by atomic mass is 10.2. The summed E-state index contributed by atoms with van der Waals surface area (Å²) in [6.45, 7) is 0.307. The molecule has 0 atom stereocenters. The Bertz CT molecular complexity index is 669. The number of hydrogen-bond donors (Lipinski definition) is 1. The first-order valence-electron chi connectivity index (χ1n) is 6.26. The van der Waals surface area contributed by atoms with E-state index in [-0.39, 0.29) is 11.4 Å². The van der Waals surface area contributed by atoms with Crippen molar-refractivity contribution in [3.05, 3.63) is 46.0 Å². The third-order valence-electron chi connectivity index (χ3n) is 3.08. The van der Waals surface area contributed by atoms with Gasteiger partial charge in [0.15, 0.2) is 0 Å². The lowest BCUT2D eigenvalue weighted by molar-refractivity contribution is -0.384. The number of nitrogens with one attached hydrogen (secondary N) is 1. The summed E-state index contributed by atoms with van der Waals surface area (Å²) in [4.78, 5) is 16.5. The first kappa shape index (κ1) is 14.8. The Balaban J connectivity index is 2.20. The van der Waals surface area contributed by atoms with E-state index in [0.29, 0.717) is 6.54 Å². The Morgan fingerprint density at radius 3 is 2.76 bits per heavy atom. The Morgan fingerprint density at radius 2 is 2.19 bits per heavy atom. The molecular formula is C13H16FN5O2. The number of nitro groups is 1. The van der Waals surface area contributed by atoms with Crippen LogP contribution in [0.15, 0.2) is 24.4 Å². The van der Waals surface area contributed by atoms with Gasteiger partial charge in [0.2, 0.25) is 5.95 Å². The van der Waals surface area contributed by atoms with Crippen LogP contribution >= 0.6 is 0 Å². The summed E-state index contributed by atoms with van der Waals surface area (Å²) in [5, 5.41) is 13.8. The molecule has 1 aromatic carbocycles. The normalized spacial score (nSPS) is 10.5. The minimum atomic E-state index is -0.545. The number of rotatable bonds is 5. The van der Waals surface area contributed by atoms with Crippen molar-refractivity contribution in [1.82, 2.24) is 9.55 Å². The predicted molar refractivity (Wildman–Crippen MR) is 77.9 cm³/mol. The van der Waals surface area contributed by atoms with Crippen LogP contribution in [-0.4, -0.2) is 28.6 Å². The Labute approximate surface area is 121 Å². The van der Waals surface area contributed by atoms with Crippen LogP contribution in [0.3, 0.4) is 0 Å². The van der Waals surface area contributed by atoms with Crippen molar-refractivity contribution >= 4 is 17.3 Å². The highest BCUT2D eigenvalue weighted by molar-refractivity contribution is 5.61. The second-order valence-electron chi connectivity index (χ2n) is 4.78. The topological polar surface area (TPSA) is 76.2 Å². The molecule has 0 saturated heterocycles. The van der Waals surface area contributed by atoms with Crippen LogP contribution in [0.5, 0.6) is 0 Å².